The summed E-state index contributed by atoms with van der Waals surface area (Å²) in [6, 6.07) is 3.47. The molecular weight excluding hydrogens is 299 g/mol. The zero-order valence-electron chi connectivity index (χ0n) is 13.0. The fraction of sp³-hybridized carbons (Fsp3) is 0.333. The SMILES string of the molecule is CC(C)C(C)Nc1nc(-c2ccc3n[nH]c(=O)n3c2)ncc1F. The molecular formula is C15H17FN6O. The summed E-state index contributed by atoms with van der Waals surface area (Å²) in [5, 5.41) is 9.26. The van der Waals surface area contributed by atoms with Crippen molar-refractivity contribution in [2.75, 3.05) is 5.32 Å². The molecule has 0 amide bonds. The fourth-order valence-electron chi connectivity index (χ4n) is 2.03. The third-order valence-corrected chi connectivity index (χ3v) is 3.78. The van der Waals surface area contributed by atoms with Crippen LogP contribution in [-0.4, -0.2) is 30.6 Å². The van der Waals surface area contributed by atoms with E-state index >= 15 is 0 Å². The number of aromatic nitrogens is 5. The van der Waals surface area contributed by atoms with Crippen LogP contribution in [0.4, 0.5) is 10.2 Å². The number of anilines is 1. The van der Waals surface area contributed by atoms with E-state index in [1.54, 1.807) is 18.3 Å². The van der Waals surface area contributed by atoms with Gasteiger partial charge < -0.3 is 5.32 Å². The van der Waals surface area contributed by atoms with E-state index in [9.17, 15) is 9.18 Å². The number of H-pyrrole nitrogens is 1. The van der Waals surface area contributed by atoms with Crippen molar-refractivity contribution in [2.24, 2.45) is 5.92 Å². The van der Waals surface area contributed by atoms with E-state index in [0.29, 0.717) is 23.0 Å². The molecule has 0 saturated heterocycles. The average molecular weight is 316 g/mol. The molecule has 0 aliphatic heterocycles. The predicted molar refractivity (Wildman–Crippen MR) is 84.7 cm³/mol. The Morgan fingerprint density at radius 1 is 1.30 bits per heavy atom. The van der Waals surface area contributed by atoms with E-state index in [1.807, 2.05) is 20.8 Å². The minimum atomic E-state index is -0.511. The lowest BCUT2D eigenvalue weighted by Gasteiger charge is -2.18. The summed E-state index contributed by atoms with van der Waals surface area (Å²) in [7, 11) is 0. The van der Waals surface area contributed by atoms with Crippen LogP contribution in [0.3, 0.4) is 0 Å². The summed E-state index contributed by atoms with van der Waals surface area (Å²) in [5.74, 6) is 0.298. The molecule has 0 aromatic carbocycles. The lowest BCUT2D eigenvalue weighted by molar-refractivity contribution is 0.548. The fourth-order valence-corrected chi connectivity index (χ4v) is 2.03. The lowest BCUT2D eigenvalue weighted by Crippen LogP contribution is -2.23. The monoisotopic (exact) mass is 316 g/mol. The van der Waals surface area contributed by atoms with Gasteiger partial charge in [0.15, 0.2) is 23.1 Å². The molecule has 2 N–H and O–H groups in total. The highest BCUT2D eigenvalue weighted by Gasteiger charge is 2.14. The van der Waals surface area contributed by atoms with Crippen LogP contribution in [0.15, 0.2) is 29.3 Å². The second-order valence-corrected chi connectivity index (χ2v) is 5.74. The largest absolute Gasteiger partial charge is 0.365 e. The Hall–Kier alpha value is -2.77. The van der Waals surface area contributed by atoms with Gasteiger partial charge in [-0.05, 0) is 25.0 Å². The summed E-state index contributed by atoms with van der Waals surface area (Å²) in [4.78, 5) is 19.9. The predicted octanol–water partition coefficient (Wildman–Crippen LogP) is 2.08. The molecule has 1 atom stereocenters. The van der Waals surface area contributed by atoms with Gasteiger partial charge in [0.1, 0.15) is 0 Å². The van der Waals surface area contributed by atoms with Gasteiger partial charge in [-0.3, -0.25) is 0 Å². The second kappa shape index (κ2) is 5.79. The number of rotatable bonds is 4. The third kappa shape index (κ3) is 2.92. The number of fused-ring (bicyclic) bond motifs is 1. The summed E-state index contributed by atoms with van der Waals surface area (Å²) in [6.07, 6.45) is 2.70. The molecule has 0 bridgehead atoms. The summed E-state index contributed by atoms with van der Waals surface area (Å²) in [6.45, 7) is 6.04. The smallest absolute Gasteiger partial charge is 0.347 e. The van der Waals surface area contributed by atoms with Crippen molar-refractivity contribution in [3.8, 4) is 11.4 Å². The van der Waals surface area contributed by atoms with E-state index in [0.717, 1.165) is 6.20 Å². The number of pyridine rings is 1. The van der Waals surface area contributed by atoms with Crippen molar-refractivity contribution in [2.45, 2.75) is 26.8 Å². The van der Waals surface area contributed by atoms with Crippen LogP contribution in [0.5, 0.6) is 0 Å². The standard InChI is InChI=1S/C15H17FN6O/c1-8(2)9(3)18-14-11(16)6-17-13(19-14)10-4-5-12-20-21-15(23)22(12)7-10/h4-9H,1-3H3,(H,21,23)(H,17,18,19). The molecule has 120 valence electrons. The molecule has 0 aliphatic carbocycles. The molecule has 0 radical (unpaired) electrons. The molecule has 0 spiro atoms. The van der Waals surface area contributed by atoms with E-state index in [2.05, 4.69) is 25.5 Å². The van der Waals surface area contributed by atoms with E-state index < -0.39 is 5.82 Å². The number of hydrogen-bond donors (Lipinski definition) is 2. The van der Waals surface area contributed by atoms with Gasteiger partial charge in [-0.25, -0.2) is 28.7 Å². The normalized spacial score (nSPS) is 12.7. The molecule has 1 unspecified atom stereocenters. The molecule has 3 aromatic heterocycles. The van der Waals surface area contributed by atoms with Crippen molar-refractivity contribution in [1.29, 1.82) is 0 Å². The van der Waals surface area contributed by atoms with E-state index in [4.69, 9.17) is 0 Å². The van der Waals surface area contributed by atoms with Crippen LogP contribution < -0.4 is 11.0 Å². The number of aromatic amines is 1. The van der Waals surface area contributed by atoms with Crippen LogP contribution in [-0.2, 0) is 0 Å². The molecule has 3 rings (SSSR count). The zero-order valence-corrected chi connectivity index (χ0v) is 13.0. The number of nitrogens with one attached hydrogen (secondary N) is 2. The van der Waals surface area contributed by atoms with E-state index in [1.165, 1.54) is 4.40 Å². The van der Waals surface area contributed by atoms with Gasteiger partial charge in [0, 0.05) is 17.8 Å². The molecule has 3 heterocycles. The maximum absolute atomic E-state index is 13.9. The first-order chi connectivity index (χ1) is 11.0. The van der Waals surface area contributed by atoms with E-state index in [-0.39, 0.29) is 17.5 Å². The molecule has 3 aromatic rings. The van der Waals surface area contributed by atoms with Gasteiger partial charge in [0.2, 0.25) is 0 Å². The summed E-state index contributed by atoms with van der Waals surface area (Å²) >= 11 is 0. The zero-order chi connectivity index (χ0) is 16.6. The van der Waals surface area contributed by atoms with Gasteiger partial charge in [0.25, 0.3) is 0 Å². The Bertz CT molecular complexity index is 900. The third-order valence-electron chi connectivity index (χ3n) is 3.78. The highest BCUT2D eigenvalue weighted by Crippen LogP contribution is 2.20. The number of hydrogen-bond acceptors (Lipinski definition) is 5. The second-order valence-electron chi connectivity index (χ2n) is 5.74. The molecule has 7 nitrogen and oxygen atoms in total. The van der Waals surface area contributed by atoms with Crippen molar-refractivity contribution in [3.05, 3.63) is 40.8 Å². The topological polar surface area (TPSA) is 88.0 Å². The Morgan fingerprint density at radius 3 is 2.83 bits per heavy atom. The van der Waals surface area contributed by atoms with Gasteiger partial charge in [0.05, 0.1) is 6.20 Å². The van der Waals surface area contributed by atoms with Crippen molar-refractivity contribution in [1.82, 2.24) is 24.6 Å². The Labute approximate surface area is 131 Å². The van der Waals surface area contributed by atoms with Crippen molar-refractivity contribution >= 4 is 11.5 Å². The Balaban J connectivity index is 2.01. The van der Waals surface area contributed by atoms with Gasteiger partial charge in [-0.1, -0.05) is 13.8 Å². The summed E-state index contributed by atoms with van der Waals surface area (Å²) < 4.78 is 15.3. The minimum Gasteiger partial charge on any atom is -0.365 e. The Kier molecular flexibility index (Phi) is 3.81. The van der Waals surface area contributed by atoms with Crippen LogP contribution >= 0.6 is 0 Å². The highest BCUT2D eigenvalue weighted by molar-refractivity contribution is 5.59. The summed E-state index contributed by atoms with van der Waals surface area (Å²) in [5.41, 5.74) is 0.740. The van der Waals surface area contributed by atoms with Gasteiger partial charge >= 0.3 is 5.69 Å². The maximum atomic E-state index is 13.9. The van der Waals surface area contributed by atoms with Crippen molar-refractivity contribution in [3.63, 3.8) is 0 Å². The van der Waals surface area contributed by atoms with Crippen molar-refractivity contribution < 1.29 is 4.39 Å². The quantitative estimate of drug-likeness (QED) is 0.769. The lowest BCUT2D eigenvalue weighted by atomic mass is 10.1. The number of nitrogens with zero attached hydrogens (tertiary/aromatic N) is 4. The first-order valence-electron chi connectivity index (χ1n) is 7.32. The molecule has 0 fully saturated rings. The average Bonchev–Trinajstić information content (AvgIpc) is 2.90. The first kappa shape index (κ1) is 15.1. The molecule has 23 heavy (non-hydrogen) atoms. The molecule has 0 saturated carbocycles. The van der Waals surface area contributed by atoms with Gasteiger partial charge in [-0.15, -0.1) is 0 Å². The Morgan fingerprint density at radius 2 is 2.09 bits per heavy atom. The maximum Gasteiger partial charge on any atom is 0.347 e. The highest BCUT2D eigenvalue weighted by atomic mass is 19.1. The molecule has 0 aliphatic rings. The van der Waals surface area contributed by atoms with Crippen LogP contribution in [0.25, 0.3) is 17.0 Å². The van der Waals surface area contributed by atoms with Gasteiger partial charge in [-0.2, -0.15) is 5.10 Å². The molecule has 8 heteroatoms. The number of halogens is 1. The van der Waals surface area contributed by atoms with Crippen LogP contribution in [0.2, 0.25) is 0 Å². The van der Waals surface area contributed by atoms with Crippen LogP contribution in [0, 0.1) is 11.7 Å². The minimum absolute atomic E-state index is 0.0613. The van der Waals surface area contributed by atoms with Crippen LogP contribution in [0.1, 0.15) is 20.8 Å². The first-order valence-corrected chi connectivity index (χ1v) is 7.32.